The summed E-state index contributed by atoms with van der Waals surface area (Å²) in [5.74, 6) is 0.293. The van der Waals surface area contributed by atoms with Crippen molar-refractivity contribution in [2.24, 2.45) is 0 Å². The standard InChI is InChI=1S/C22H21F3N4O/c23-22(24,25)16-8-6-7-15(13-16)14-26-21(30)19-17-9-2-3-10-18(17)20(28-27-19)29-11-4-1-5-12-29/h2-3,6-10,13H,1,4-5,11-12,14H2,(H,26,30). The number of aromatic nitrogens is 2. The maximum absolute atomic E-state index is 12.9. The van der Waals surface area contributed by atoms with Crippen LogP contribution in [0.2, 0.25) is 0 Å². The minimum Gasteiger partial charge on any atom is -0.355 e. The highest BCUT2D eigenvalue weighted by Gasteiger charge is 2.30. The van der Waals surface area contributed by atoms with E-state index in [1.54, 1.807) is 6.07 Å². The van der Waals surface area contributed by atoms with Crippen molar-refractivity contribution in [3.05, 3.63) is 65.4 Å². The summed E-state index contributed by atoms with van der Waals surface area (Å²) in [6.45, 7) is 1.77. The molecule has 1 aliphatic heterocycles. The Labute approximate surface area is 171 Å². The van der Waals surface area contributed by atoms with Gasteiger partial charge in [0.05, 0.1) is 5.56 Å². The van der Waals surface area contributed by atoms with Gasteiger partial charge < -0.3 is 10.2 Å². The second-order valence-corrected chi connectivity index (χ2v) is 7.35. The predicted octanol–water partition coefficient (Wildman–Crippen LogP) is 4.57. The van der Waals surface area contributed by atoms with Crippen molar-refractivity contribution >= 4 is 22.5 Å². The van der Waals surface area contributed by atoms with E-state index in [9.17, 15) is 18.0 Å². The Balaban J connectivity index is 1.57. The second kappa shape index (κ2) is 8.30. The number of fused-ring (bicyclic) bond motifs is 1. The molecule has 0 atom stereocenters. The van der Waals surface area contributed by atoms with E-state index in [4.69, 9.17) is 0 Å². The summed E-state index contributed by atoms with van der Waals surface area (Å²) in [6.07, 6.45) is -1.05. The monoisotopic (exact) mass is 414 g/mol. The first kappa shape index (κ1) is 20.1. The molecule has 156 valence electrons. The normalized spacial score (nSPS) is 14.7. The molecule has 0 saturated carbocycles. The molecule has 0 radical (unpaired) electrons. The van der Waals surface area contributed by atoms with E-state index in [0.29, 0.717) is 10.9 Å². The Morgan fingerprint density at radius 3 is 2.43 bits per heavy atom. The van der Waals surface area contributed by atoms with Crippen molar-refractivity contribution in [2.45, 2.75) is 32.0 Å². The zero-order valence-corrected chi connectivity index (χ0v) is 16.2. The summed E-state index contributed by atoms with van der Waals surface area (Å²) in [4.78, 5) is 14.9. The highest BCUT2D eigenvalue weighted by Crippen LogP contribution is 2.30. The highest BCUT2D eigenvalue weighted by molar-refractivity contribution is 6.07. The maximum Gasteiger partial charge on any atom is 0.416 e. The van der Waals surface area contributed by atoms with Gasteiger partial charge in [-0.1, -0.05) is 36.4 Å². The number of nitrogens with zero attached hydrogens (tertiary/aromatic N) is 3. The van der Waals surface area contributed by atoms with E-state index < -0.39 is 17.6 Å². The van der Waals surface area contributed by atoms with Crippen molar-refractivity contribution in [1.82, 2.24) is 15.5 Å². The summed E-state index contributed by atoms with van der Waals surface area (Å²) in [6, 6.07) is 12.3. The van der Waals surface area contributed by atoms with Crippen molar-refractivity contribution in [3.63, 3.8) is 0 Å². The van der Waals surface area contributed by atoms with Gasteiger partial charge in [0.1, 0.15) is 0 Å². The summed E-state index contributed by atoms with van der Waals surface area (Å²) in [7, 11) is 0. The Hall–Kier alpha value is -3.16. The number of carbonyl (C=O) groups excluding carboxylic acids is 1. The third-order valence-electron chi connectivity index (χ3n) is 5.25. The lowest BCUT2D eigenvalue weighted by Gasteiger charge is -2.28. The van der Waals surface area contributed by atoms with Crippen molar-refractivity contribution in [3.8, 4) is 0 Å². The Bertz CT molecular complexity index is 1060. The van der Waals surface area contributed by atoms with Crippen LogP contribution >= 0.6 is 0 Å². The van der Waals surface area contributed by atoms with Gasteiger partial charge in [-0.2, -0.15) is 13.2 Å². The Morgan fingerprint density at radius 1 is 0.967 bits per heavy atom. The van der Waals surface area contributed by atoms with Gasteiger partial charge in [-0.25, -0.2) is 0 Å². The molecule has 0 spiro atoms. The van der Waals surface area contributed by atoms with E-state index in [1.807, 2.05) is 24.3 Å². The molecule has 1 saturated heterocycles. The zero-order chi connectivity index (χ0) is 21.1. The number of halogens is 3. The molecule has 1 aliphatic rings. The van der Waals surface area contributed by atoms with Crippen LogP contribution in [0.15, 0.2) is 48.5 Å². The fourth-order valence-corrected chi connectivity index (χ4v) is 3.72. The number of carbonyl (C=O) groups is 1. The lowest BCUT2D eigenvalue weighted by molar-refractivity contribution is -0.137. The zero-order valence-electron chi connectivity index (χ0n) is 16.2. The van der Waals surface area contributed by atoms with Crippen molar-refractivity contribution in [1.29, 1.82) is 0 Å². The molecule has 8 heteroatoms. The molecule has 1 aromatic heterocycles. The van der Waals surface area contributed by atoms with Crippen LogP contribution in [0.3, 0.4) is 0 Å². The summed E-state index contributed by atoms with van der Waals surface area (Å²) in [5, 5.41) is 12.7. The molecule has 5 nitrogen and oxygen atoms in total. The number of anilines is 1. The number of rotatable bonds is 4. The lowest BCUT2D eigenvalue weighted by atomic mass is 10.1. The van der Waals surface area contributed by atoms with Gasteiger partial charge in [-0.15, -0.1) is 10.2 Å². The minimum atomic E-state index is -4.42. The summed E-state index contributed by atoms with van der Waals surface area (Å²) in [5.41, 5.74) is -0.218. The third-order valence-corrected chi connectivity index (χ3v) is 5.25. The van der Waals surface area contributed by atoms with Gasteiger partial charge in [0.15, 0.2) is 11.5 Å². The molecular formula is C22H21F3N4O. The number of nitrogens with one attached hydrogen (secondary N) is 1. The van der Waals surface area contributed by atoms with Gasteiger partial charge in [0, 0.05) is 30.4 Å². The van der Waals surface area contributed by atoms with E-state index in [-0.39, 0.29) is 12.2 Å². The van der Waals surface area contributed by atoms with Crippen LogP contribution in [0.25, 0.3) is 10.8 Å². The van der Waals surface area contributed by atoms with Gasteiger partial charge in [0.25, 0.3) is 5.91 Å². The second-order valence-electron chi connectivity index (χ2n) is 7.35. The van der Waals surface area contributed by atoms with Crippen LogP contribution in [-0.4, -0.2) is 29.2 Å². The first-order valence-electron chi connectivity index (χ1n) is 9.88. The van der Waals surface area contributed by atoms with Crippen LogP contribution in [0.1, 0.15) is 40.9 Å². The summed E-state index contributed by atoms with van der Waals surface area (Å²) >= 11 is 0. The van der Waals surface area contributed by atoms with Gasteiger partial charge >= 0.3 is 6.18 Å². The van der Waals surface area contributed by atoms with Crippen LogP contribution in [0.4, 0.5) is 19.0 Å². The molecule has 0 bridgehead atoms. The van der Waals surface area contributed by atoms with Crippen molar-refractivity contribution in [2.75, 3.05) is 18.0 Å². The van der Waals surface area contributed by atoms with Crippen LogP contribution in [0.5, 0.6) is 0 Å². The molecule has 1 fully saturated rings. The molecule has 1 amide bonds. The quantitative estimate of drug-likeness (QED) is 0.680. The smallest absolute Gasteiger partial charge is 0.355 e. The average molecular weight is 414 g/mol. The Kier molecular flexibility index (Phi) is 5.57. The first-order valence-corrected chi connectivity index (χ1v) is 9.88. The lowest BCUT2D eigenvalue weighted by Crippen LogP contribution is -2.31. The number of hydrogen-bond acceptors (Lipinski definition) is 4. The minimum absolute atomic E-state index is 0.0351. The number of alkyl halides is 3. The van der Waals surface area contributed by atoms with E-state index in [2.05, 4.69) is 20.4 Å². The number of piperidine rings is 1. The largest absolute Gasteiger partial charge is 0.416 e. The summed E-state index contributed by atoms with van der Waals surface area (Å²) < 4.78 is 38.7. The SMILES string of the molecule is O=C(NCc1cccc(C(F)(F)F)c1)c1nnc(N2CCCCC2)c2ccccc12. The molecule has 2 heterocycles. The third kappa shape index (κ3) is 4.22. The predicted molar refractivity (Wildman–Crippen MR) is 108 cm³/mol. The van der Waals surface area contributed by atoms with Gasteiger partial charge in [-0.05, 0) is 37.0 Å². The van der Waals surface area contributed by atoms with E-state index in [0.717, 1.165) is 49.3 Å². The van der Waals surface area contributed by atoms with Gasteiger partial charge in [0.2, 0.25) is 0 Å². The number of amides is 1. The average Bonchev–Trinajstić information content (AvgIpc) is 2.77. The molecule has 4 rings (SSSR count). The fraction of sp³-hybridized carbons (Fsp3) is 0.318. The molecular weight excluding hydrogens is 393 g/mol. The van der Waals surface area contributed by atoms with Crippen LogP contribution in [0, 0.1) is 0 Å². The maximum atomic E-state index is 12.9. The highest BCUT2D eigenvalue weighted by atomic mass is 19.4. The van der Waals surface area contributed by atoms with Gasteiger partial charge in [-0.3, -0.25) is 4.79 Å². The van der Waals surface area contributed by atoms with E-state index >= 15 is 0 Å². The molecule has 2 aromatic carbocycles. The molecule has 1 N–H and O–H groups in total. The first-order chi connectivity index (χ1) is 14.4. The van der Waals surface area contributed by atoms with Crippen LogP contribution in [-0.2, 0) is 12.7 Å². The fourth-order valence-electron chi connectivity index (χ4n) is 3.72. The Morgan fingerprint density at radius 2 is 1.70 bits per heavy atom. The molecule has 0 unspecified atom stereocenters. The number of benzene rings is 2. The van der Waals surface area contributed by atoms with Crippen LogP contribution < -0.4 is 10.2 Å². The molecule has 3 aromatic rings. The molecule has 30 heavy (non-hydrogen) atoms. The molecule has 0 aliphatic carbocycles. The van der Waals surface area contributed by atoms with Crippen molar-refractivity contribution < 1.29 is 18.0 Å². The number of hydrogen-bond donors (Lipinski definition) is 1. The topological polar surface area (TPSA) is 58.1 Å². The van der Waals surface area contributed by atoms with E-state index in [1.165, 1.54) is 12.5 Å².